The molecule has 2 heterocycles. The van der Waals surface area contributed by atoms with Crippen LogP contribution in [0.4, 0.5) is 14.5 Å². The number of amides is 1. The van der Waals surface area contributed by atoms with Crippen LogP contribution in [0.3, 0.4) is 0 Å². The van der Waals surface area contributed by atoms with E-state index in [0.717, 1.165) is 19.0 Å². The number of anilines is 1. The smallest absolute Gasteiger partial charge is 0.251 e. The molecule has 2 aromatic rings. The van der Waals surface area contributed by atoms with Gasteiger partial charge in [-0.3, -0.25) is 4.79 Å². The number of halogens is 3. The summed E-state index contributed by atoms with van der Waals surface area (Å²) in [5, 5.41) is 3.25. The van der Waals surface area contributed by atoms with Crippen LogP contribution in [0.5, 0.6) is 11.5 Å². The predicted octanol–water partition coefficient (Wildman–Crippen LogP) is 3.65. The van der Waals surface area contributed by atoms with Crippen LogP contribution in [0.1, 0.15) is 16.8 Å². The molecule has 0 spiro atoms. The molecule has 0 saturated carbocycles. The van der Waals surface area contributed by atoms with E-state index in [4.69, 9.17) is 21.1 Å². The summed E-state index contributed by atoms with van der Waals surface area (Å²) >= 11 is 6.18. The Morgan fingerprint density at radius 2 is 2.00 bits per heavy atom. The zero-order chi connectivity index (χ0) is 19.7. The minimum absolute atomic E-state index is 0.213. The summed E-state index contributed by atoms with van der Waals surface area (Å²) in [6, 6.07) is 7.08. The first kappa shape index (κ1) is 18.8. The van der Waals surface area contributed by atoms with Crippen molar-refractivity contribution in [3.63, 3.8) is 0 Å². The average Bonchev–Trinajstić information content (AvgIpc) is 3.17. The lowest BCUT2D eigenvalue weighted by atomic mass is 10.1. The Morgan fingerprint density at radius 3 is 2.82 bits per heavy atom. The number of rotatable bonds is 4. The molecule has 0 radical (unpaired) electrons. The van der Waals surface area contributed by atoms with E-state index in [1.807, 2.05) is 4.90 Å². The lowest BCUT2D eigenvalue weighted by Gasteiger charge is -2.20. The van der Waals surface area contributed by atoms with Crippen LogP contribution in [0.2, 0.25) is 5.02 Å². The quantitative estimate of drug-likeness (QED) is 0.839. The molecule has 8 heteroatoms. The molecule has 5 nitrogen and oxygen atoms in total. The maximum atomic E-state index is 13.4. The highest BCUT2D eigenvalue weighted by atomic mass is 35.5. The number of carbonyl (C=O) groups is 1. The Morgan fingerprint density at radius 1 is 1.18 bits per heavy atom. The highest BCUT2D eigenvalue weighted by Gasteiger charge is 2.25. The minimum Gasteiger partial charge on any atom is -0.486 e. The summed E-state index contributed by atoms with van der Waals surface area (Å²) in [7, 11) is 0. The highest BCUT2D eigenvalue weighted by Crippen LogP contribution is 2.38. The maximum absolute atomic E-state index is 13.4. The Kier molecular flexibility index (Phi) is 5.26. The van der Waals surface area contributed by atoms with Crippen molar-refractivity contribution in [3.8, 4) is 11.5 Å². The molecule has 0 aromatic heterocycles. The second kappa shape index (κ2) is 7.83. The van der Waals surface area contributed by atoms with Crippen LogP contribution < -0.4 is 19.7 Å². The lowest BCUT2D eigenvalue weighted by Crippen LogP contribution is -2.31. The molecule has 2 aliphatic rings. The van der Waals surface area contributed by atoms with E-state index in [9.17, 15) is 13.6 Å². The number of nitrogens with zero attached hydrogens (tertiary/aromatic N) is 1. The van der Waals surface area contributed by atoms with Gasteiger partial charge in [-0.2, -0.15) is 0 Å². The van der Waals surface area contributed by atoms with Gasteiger partial charge in [0.15, 0.2) is 23.1 Å². The van der Waals surface area contributed by atoms with Crippen molar-refractivity contribution in [1.29, 1.82) is 0 Å². The molecule has 1 fully saturated rings. The fourth-order valence-corrected chi connectivity index (χ4v) is 3.76. The lowest BCUT2D eigenvalue weighted by molar-refractivity contribution is 0.0947. The van der Waals surface area contributed by atoms with Crippen molar-refractivity contribution in [2.45, 2.75) is 6.42 Å². The summed E-state index contributed by atoms with van der Waals surface area (Å²) in [5.41, 5.74) is 1.05. The molecule has 1 unspecified atom stereocenters. The van der Waals surface area contributed by atoms with Crippen LogP contribution in [-0.4, -0.2) is 38.8 Å². The van der Waals surface area contributed by atoms with Crippen molar-refractivity contribution >= 4 is 23.2 Å². The fourth-order valence-electron chi connectivity index (χ4n) is 3.50. The van der Waals surface area contributed by atoms with E-state index < -0.39 is 11.6 Å². The SMILES string of the molecule is O=C(NCC1CCN(c2ccc(F)c(F)c2)C1)c1cc(Cl)c2c(c1)OCCO2. The third-order valence-electron chi connectivity index (χ3n) is 4.96. The molecule has 28 heavy (non-hydrogen) atoms. The topological polar surface area (TPSA) is 50.8 Å². The zero-order valence-electron chi connectivity index (χ0n) is 15.0. The number of benzene rings is 2. The molecule has 1 saturated heterocycles. The van der Waals surface area contributed by atoms with Gasteiger partial charge in [0.05, 0.1) is 5.02 Å². The summed E-state index contributed by atoms with van der Waals surface area (Å²) in [6.07, 6.45) is 0.848. The van der Waals surface area contributed by atoms with Crippen LogP contribution in [0.15, 0.2) is 30.3 Å². The van der Waals surface area contributed by atoms with Gasteiger partial charge in [-0.15, -0.1) is 0 Å². The molecule has 1 amide bonds. The third-order valence-corrected chi connectivity index (χ3v) is 5.25. The third kappa shape index (κ3) is 3.85. The van der Waals surface area contributed by atoms with E-state index in [0.29, 0.717) is 54.1 Å². The van der Waals surface area contributed by atoms with Gasteiger partial charge >= 0.3 is 0 Å². The number of hydrogen-bond acceptors (Lipinski definition) is 4. The van der Waals surface area contributed by atoms with Gasteiger partial charge in [-0.1, -0.05) is 11.6 Å². The minimum atomic E-state index is -0.857. The van der Waals surface area contributed by atoms with E-state index in [1.54, 1.807) is 18.2 Å². The number of fused-ring (bicyclic) bond motifs is 1. The average molecular weight is 409 g/mol. The molecule has 148 valence electrons. The van der Waals surface area contributed by atoms with E-state index in [1.165, 1.54) is 6.07 Å². The Hall–Kier alpha value is -2.54. The number of ether oxygens (including phenoxy) is 2. The van der Waals surface area contributed by atoms with Gasteiger partial charge in [0.2, 0.25) is 0 Å². The second-order valence-electron chi connectivity index (χ2n) is 6.89. The second-order valence-corrected chi connectivity index (χ2v) is 7.30. The number of hydrogen-bond donors (Lipinski definition) is 1. The Labute approximate surface area is 166 Å². The van der Waals surface area contributed by atoms with Crippen LogP contribution in [0, 0.1) is 17.6 Å². The molecular weight excluding hydrogens is 390 g/mol. The maximum Gasteiger partial charge on any atom is 0.251 e. The summed E-state index contributed by atoms with van der Waals surface area (Å²) < 4.78 is 37.5. The fraction of sp³-hybridized carbons (Fsp3) is 0.350. The summed E-state index contributed by atoms with van der Waals surface area (Å²) in [4.78, 5) is 14.5. The predicted molar refractivity (Wildman–Crippen MR) is 101 cm³/mol. The van der Waals surface area contributed by atoms with E-state index in [2.05, 4.69) is 5.32 Å². The van der Waals surface area contributed by atoms with E-state index in [-0.39, 0.29) is 11.8 Å². The first-order chi connectivity index (χ1) is 13.5. The normalized spacial score (nSPS) is 18.2. The standard InChI is InChI=1S/C20H19ClF2N2O3/c21-15-7-13(8-18-19(15)28-6-5-27-18)20(26)24-10-12-3-4-25(11-12)14-1-2-16(22)17(23)9-14/h1-2,7-9,12H,3-6,10-11H2,(H,24,26). The van der Waals surface area contributed by atoms with Crippen LogP contribution in [-0.2, 0) is 0 Å². The molecule has 0 bridgehead atoms. The molecule has 4 rings (SSSR count). The van der Waals surface area contributed by atoms with Crippen molar-refractivity contribution in [1.82, 2.24) is 5.32 Å². The Bertz CT molecular complexity index is 909. The summed E-state index contributed by atoms with van der Waals surface area (Å²) in [5.74, 6) is -0.818. The monoisotopic (exact) mass is 408 g/mol. The first-order valence-electron chi connectivity index (χ1n) is 9.08. The van der Waals surface area contributed by atoms with Crippen LogP contribution in [0.25, 0.3) is 0 Å². The van der Waals surface area contributed by atoms with E-state index >= 15 is 0 Å². The summed E-state index contributed by atoms with van der Waals surface area (Å²) in [6.45, 7) is 2.70. The van der Waals surface area contributed by atoms with Gasteiger partial charge < -0.3 is 19.7 Å². The van der Waals surface area contributed by atoms with Gasteiger partial charge in [0, 0.05) is 37.0 Å². The molecule has 1 N–H and O–H groups in total. The first-order valence-corrected chi connectivity index (χ1v) is 9.46. The zero-order valence-corrected chi connectivity index (χ0v) is 15.8. The van der Waals surface area contributed by atoms with Gasteiger partial charge in [-0.25, -0.2) is 8.78 Å². The van der Waals surface area contributed by atoms with Crippen molar-refractivity contribution in [2.24, 2.45) is 5.92 Å². The molecule has 1 atom stereocenters. The molecule has 2 aliphatic heterocycles. The molecular formula is C20H19ClF2N2O3. The van der Waals surface area contributed by atoms with Crippen molar-refractivity contribution in [3.05, 3.63) is 52.6 Å². The molecule has 0 aliphatic carbocycles. The number of carbonyl (C=O) groups excluding carboxylic acids is 1. The number of nitrogens with one attached hydrogen (secondary N) is 1. The Balaban J connectivity index is 1.35. The van der Waals surface area contributed by atoms with Gasteiger partial charge in [-0.05, 0) is 36.6 Å². The van der Waals surface area contributed by atoms with Crippen LogP contribution >= 0.6 is 11.6 Å². The largest absolute Gasteiger partial charge is 0.486 e. The van der Waals surface area contributed by atoms with Gasteiger partial charge in [0.1, 0.15) is 13.2 Å². The van der Waals surface area contributed by atoms with Crippen molar-refractivity contribution < 1.29 is 23.0 Å². The van der Waals surface area contributed by atoms with Gasteiger partial charge in [0.25, 0.3) is 5.91 Å². The molecule has 2 aromatic carbocycles. The highest BCUT2D eigenvalue weighted by molar-refractivity contribution is 6.32. The van der Waals surface area contributed by atoms with Crippen molar-refractivity contribution in [2.75, 3.05) is 37.7 Å².